The summed E-state index contributed by atoms with van der Waals surface area (Å²) in [5, 5.41) is 9.64. The first kappa shape index (κ1) is 15.3. The summed E-state index contributed by atoms with van der Waals surface area (Å²) in [6.07, 6.45) is 6.59. The average Bonchev–Trinajstić information content (AvgIpc) is 2.60. The van der Waals surface area contributed by atoms with E-state index in [9.17, 15) is 14.7 Å². The molecule has 4 nitrogen and oxygen atoms in total. The predicted octanol–water partition coefficient (Wildman–Crippen LogP) is 3.06. The van der Waals surface area contributed by atoms with Crippen molar-refractivity contribution in [3.63, 3.8) is 0 Å². The number of amides is 1. The van der Waals surface area contributed by atoms with Crippen molar-refractivity contribution in [1.82, 2.24) is 4.90 Å². The fourth-order valence-electron chi connectivity index (χ4n) is 3.60. The molecule has 1 saturated carbocycles. The normalized spacial score (nSPS) is 25.2. The number of likely N-dealkylation sites (tertiary alicyclic amines) is 1. The van der Waals surface area contributed by atoms with Crippen LogP contribution in [0.25, 0.3) is 0 Å². The number of carbonyl (C=O) groups is 2. The highest BCUT2D eigenvalue weighted by Crippen LogP contribution is 2.40. The lowest BCUT2D eigenvalue weighted by molar-refractivity contribution is -0.154. The standard InChI is InChI=1S/C16H27NO3/c1-15(2)9-10-17(12-15)13(18)11-16(14(19)20)7-5-3-4-6-8-16/h3-12H2,1-2H3,(H,19,20). The van der Waals surface area contributed by atoms with Crippen molar-refractivity contribution in [2.45, 2.75) is 65.2 Å². The Hall–Kier alpha value is -1.06. The molecule has 0 aromatic carbocycles. The predicted molar refractivity (Wildman–Crippen MR) is 77.4 cm³/mol. The van der Waals surface area contributed by atoms with Gasteiger partial charge in [-0.2, -0.15) is 0 Å². The molecule has 0 unspecified atom stereocenters. The Morgan fingerprint density at radius 3 is 2.10 bits per heavy atom. The van der Waals surface area contributed by atoms with E-state index in [0.29, 0.717) is 12.8 Å². The van der Waals surface area contributed by atoms with Gasteiger partial charge in [-0.3, -0.25) is 9.59 Å². The second-order valence-corrected chi connectivity index (χ2v) is 7.41. The number of nitrogens with zero attached hydrogens (tertiary/aromatic N) is 1. The number of carbonyl (C=O) groups excluding carboxylic acids is 1. The summed E-state index contributed by atoms with van der Waals surface area (Å²) in [6.45, 7) is 5.88. The van der Waals surface area contributed by atoms with E-state index in [1.165, 1.54) is 0 Å². The van der Waals surface area contributed by atoms with E-state index in [0.717, 1.165) is 45.2 Å². The highest BCUT2D eigenvalue weighted by molar-refractivity contribution is 5.85. The summed E-state index contributed by atoms with van der Waals surface area (Å²) in [4.78, 5) is 26.1. The molecular formula is C16H27NO3. The molecule has 20 heavy (non-hydrogen) atoms. The molecule has 0 radical (unpaired) electrons. The third-order valence-electron chi connectivity index (χ3n) is 5.03. The molecule has 0 bridgehead atoms. The van der Waals surface area contributed by atoms with E-state index in [-0.39, 0.29) is 17.7 Å². The minimum absolute atomic E-state index is 0.0416. The van der Waals surface area contributed by atoms with E-state index in [2.05, 4.69) is 13.8 Å². The highest BCUT2D eigenvalue weighted by atomic mass is 16.4. The maximum absolute atomic E-state index is 12.5. The molecular weight excluding hydrogens is 254 g/mol. The van der Waals surface area contributed by atoms with Gasteiger partial charge in [-0.15, -0.1) is 0 Å². The Morgan fingerprint density at radius 2 is 1.65 bits per heavy atom. The van der Waals surface area contributed by atoms with Crippen LogP contribution in [-0.4, -0.2) is 35.0 Å². The minimum atomic E-state index is -0.805. The molecule has 4 heteroatoms. The van der Waals surface area contributed by atoms with Crippen molar-refractivity contribution in [3.8, 4) is 0 Å². The number of carboxylic acid groups (broad SMARTS) is 1. The summed E-state index contributed by atoms with van der Waals surface area (Å²) in [5.74, 6) is -0.730. The maximum atomic E-state index is 12.5. The molecule has 1 aliphatic heterocycles. The largest absolute Gasteiger partial charge is 0.481 e. The molecule has 0 aromatic heterocycles. The third-order valence-corrected chi connectivity index (χ3v) is 5.03. The van der Waals surface area contributed by atoms with Crippen molar-refractivity contribution in [2.75, 3.05) is 13.1 Å². The molecule has 1 aliphatic carbocycles. The van der Waals surface area contributed by atoms with E-state index < -0.39 is 11.4 Å². The van der Waals surface area contributed by atoms with E-state index in [1.54, 1.807) is 0 Å². The molecule has 2 fully saturated rings. The first-order valence-corrected chi connectivity index (χ1v) is 7.86. The first-order chi connectivity index (χ1) is 9.35. The SMILES string of the molecule is CC1(C)CCN(C(=O)CC2(C(=O)O)CCCCCC2)C1. The van der Waals surface area contributed by atoms with Gasteiger partial charge in [0, 0.05) is 19.5 Å². The van der Waals surface area contributed by atoms with Gasteiger partial charge in [0.15, 0.2) is 0 Å². The van der Waals surface area contributed by atoms with Crippen LogP contribution in [0.15, 0.2) is 0 Å². The second kappa shape index (κ2) is 5.74. The Kier molecular flexibility index (Phi) is 4.40. The Balaban J connectivity index is 2.04. The molecule has 1 heterocycles. The van der Waals surface area contributed by atoms with Gasteiger partial charge >= 0.3 is 5.97 Å². The van der Waals surface area contributed by atoms with Crippen LogP contribution in [0.5, 0.6) is 0 Å². The average molecular weight is 281 g/mol. The van der Waals surface area contributed by atoms with Gasteiger partial charge in [0.2, 0.25) is 5.91 Å². The molecule has 0 aromatic rings. The Labute approximate surface area is 121 Å². The zero-order chi connectivity index (χ0) is 14.8. The summed E-state index contributed by atoms with van der Waals surface area (Å²) in [5.41, 5.74) is -0.629. The van der Waals surface area contributed by atoms with Crippen LogP contribution >= 0.6 is 0 Å². The minimum Gasteiger partial charge on any atom is -0.481 e. The van der Waals surface area contributed by atoms with Crippen LogP contribution in [0.2, 0.25) is 0 Å². The lowest BCUT2D eigenvalue weighted by Crippen LogP contribution is -2.39. The van der Waals surface area contributed by atoms with Gasteiger partial charge in [0.1, 0.15) is 0 Å². The molecule has 114 valence electrons. The highest BCUT2D eigenvalue weighted by Gasteiger charge is 2.43. The Bertz CT molecular complexity index is 381. The third kappa shape index (κ3) is 3.33. The number of hydrogen-bond acceptors (Lipinski definition) is 2. The van der Waals surface area contributed by atoms with E-state index in [1.807, 2.05) is 4.90 Å². The summed E-state index contributed by atoms with van der Waals surface area (Å²) in [6, 6.07) is 0. The smallest absolute Gasteiger partial charge is 0.310 e. The molecule has 0 spiro atoms. The fourth-order valence-corrected chi connectivity index (χ4v) is 3.60. The van der Waals surface area contributed by atoms with Gasteiger partial charge in [-0.25, -0.2) is 0 Å². The topological polar surface area (TPSA) is 57.6 Å². The summed E-state index contributed by atoms with van der Waals surface area (Å²) < 4.78 is 0. The van der Waals surface area contributed by atoms with Crippen LogP contribution in [0.1, 0.15) is 65.2 Å². The van der Waals surface area contributed by atoms with Gasteiger partial charge < -0.3 is 10.0 Å². The quantitative estimate of drug-likeness (QED) is 0.809. The van der Waals surface area contributed by atoms with Crippen LogP contribution in [0.3, 0.4) is 0 Å². The van der Waals surface area contributed by atoms with E-state index >= 15 is 0 Å². The van der Waals surface area contributed by atoms with Gasteiger partial charge in [-0.1, -0.05) is 39.5 Å². The molecule has 2 aliphatic rings. The van der Waals surface area contributed by atoms with Crippen molar-refractivity contribution in [2.24, 2.45) is 10.8 Å². The van der Waals surface area contributed by atoms with Crippen LogP contribution in [0, 0.1) is 10.8 Å². The van der Waals surface area contributed by atoms with Gasteiger partial charge in [0.05, 0.1) is 5.41 Å². The molecule has 1 N–H and O–H groups in total. The van der Waals surface area contributed by atoms with Crippen molar-refractivity contribution >= 4 is 11.9 Å². The van der Waals surface area contributed by atoms with Gasteiger partial charge in [0.25, 0.3) is 0 Å². The lowest BCUT2D eigenvalue weighted by Gasteiger charge is -2.30. The summed E-state index contributed by atoms with van der Waals surface area (Å²) in [7, 11) is 0. The Morgan fingerprint density at radius 1 is 1.05 bits per heavy atom. The second-order valence-electron chi connectivity index (χ2n) is 7.41. The number of rotatable bonds is 3. The zero-order valence-corrected chi connectivity index (χ0v) is 12.8. The maximum Gasteiger partial charge on any atom is 0.310 e. The van der Waals surface area contributed by atoms with Gasteiger partial charge in [-0.05, 0) is 24.7 Å². The molecule has 1 amide bonds. The fraction of sp³-hybridized carbons (Fsp3) is 0.875. The number of aliphatic carboxylic acids is 1. The molecule has 2 rings (SSSR count). The zero-order valence-electron chi connectivity index (χ0n) is 12.8. The number of carboxylic acids is 1. The molecule has 1 saturated heterocycles. The summed E-state index contributed by atoms with van der Waals surface area (Å²) >= 11 is 0. The monoisotopic (exact) mass is 281 g/mol. The first-order valence-electron chi connectivity index (χ1n) is 7.86. The van der Waals surface area contributed by atoms with E-state index in [4.69, 9.17) is 0 Å². The van der Waals surface area contributed by atoms with Crippen molar-refractivity contribution in [3.05, 3.63) is 0 Å². The van der Waals surface area contributed by atoms with Crippen LogP contribution in [0.4, 0.5) is 0 Å². The lowest BCUT2D eigenvalue weighted by atomic mass is 9.77. The van der Waals surface area contributed by atoms with Crippen LogP contribution < -0.4 is 0 Å². The molecule has 0 atom stereocenters. The number of hydrogen-bond donors (Lipinski definition) is 1. The van der Waals surface area contributed by atoms with Crippen molar-refractivity contribution in [1.29, 1.82) is 0 Å². The van der Waals surface area contributed by atoms with Crippen molar-refractivity contribution < 1.29 is 14.7 Å². The van der Waals surface area contributed by atoms with Crippen LogP contribution in [-0.2, 0) is 9.59 Å².